The van der Waals surface area contributed by atoms with Gasteiger partial charge in [0.1, 0.15) is 6.17 Å². The molecule has 5 nitrogen and oxygen atoms in total. The Morgan fingerprint density at radius 3 is 2.68 bits per heavy atom. The van der Waals surface area contributed by atoms with Gasteiger partial charge in [-0.05, 0) is 55.7 Å². The fourth-order valence-corrected chi connectivity index (χ4v) is 4.27. The number of rotatable bonds is 2. The number of hydrogen-bond acceptors (Lipinski definition) is 3. The van der Waals surface area contributed by atoms with Crippen LogP contribution < -0.4 is 10.2 Å². The summed E-state index contributed by atoms with van der Waals surface area (Å²) in [6.45, 7) is 0.785. The number of anilines is 2. The number of nitrogens with zero attached hydrogens (tertiary/aromatic N) is 2. The Bertz CT molecular complexity index is 947. The van der Waals surface area contributed by atoms with E-state index < -0.39 is 0 Å². The van der Waals surface area contributed by atoms with Gasteiger partial charge in [-0.2, -0.15) is 0 Å². The quantitative estimate of drug-likeness (QED) is 0.744. The molecule has 1 saturated heterocycles. The summed E-state index contributed by atoms with van der Waals surface area (Å²) in [6.07, 6.45) is 4.28. The molecule has 2 aliphatic heterocycles. The largest absolute Gasteiger partial charge is 0.354 e. The zero-order valence-corrected chi connectivity index (χ0v) is 17.1. The number of hydrogen-bond donors (Lipinski definition) is 1. The van der Waals surface area contributed by atoms with Gasteiger partial charge in [-0.25, -0.2) is 0 Å². The lowest BCUT2D eigenvalue weighted by Gasteiger charge is -2.43. The monoisotopic (exact) mass is 417 g/mol. The minimum atomic E-state index is -0.259. The molecule has 146 valence electrons. The normalized spacial score (nSPS) is 19.0. The van der Waals surface area contributed by atoms with E-state index in [-0.39, 0.29) is 18.0 Å². The van der Waals surface area contributed by atoms with Crippen LogP contribution in [0.4, 0.5) is 11.4 Å². The SMILES string of the molecule is CN1c2cc(C(=O)Nc3ccc(Cl)c(Cl)c3)ccc2C(=O)N2CCCCC[C@@H]21. The highest BCUT2D eigenvalue weighted by Crippen LogP contribution is 2.34. The van der Waals surface area contributed by atoms with Gasteiger partial charge >= 0.3 is 0 Å². The molecule has 2 amide bonds. The Labute approximate surface area is 174 Å². The third-order valence-corrected chi connectivity index (χ3v) is 6.22. The Balaban J connectivity index is 1.62. The molecular formula is C21H21Cl2N3O2. The molecule has 0 aliphatic carbocycles. The molecule has 1 N–H and O–H groups in total. The van der Waals surface area contributed by atoms with E-state index in [4.69, 9.17) is 23.2 Å². The van der Waals surface area contributed by atoms with Gasteiger partial charge in [-0.1, -0.05) is 29.6 Å². The Morgan fingerprint density at radius 1 is 1.07 bits per heavy atom. The summed E-state index contributed by atoms with van der Waals surface area (Å²) in [5, 5.41) is 3.64. The van der Waals surface area contributed by atoms with Gasteiger partial charge in [0.25, 0.3) is 11.8 Å². The van der Waals surface area contributed by atoms with Crippen molar-refractivity contribution < 1.29 is 9.59 Å². The first-order valence-corrected chi connectivity index (χ1v) is 10.2. The predicted octanol–water partition coefficient (Wildman–Crippen LogP) is 5.04. The molecule has 28 heavy (non-hydrogen) atoms. The Morgan fingerprint density at radius 2 is 1.89 bits per heavy atom. The average molecular weight is 418 g/mol. The van der Waals surface area contributed by atoms with E-state index in [9.17, 15) is 9.59 Å². The first kappa shape index (κ1) is 19.1. The lowest BCUT2D eigenvalue weighted by Crippen LogP contribution is -2.53. The second kappa shape index (κ2) is 7.64. The second-order valence-corrected chi connectivity index (χ2v) is 8.07. The van der Waals surface area contributed by atoms with E-state index in [1.165, 1.54) is 0 Å². The number of amides is 2. The third-order valence-electron chi connectivity index (χ3n) is 5.48. The number of carbonyl (C=O) groups excluding carboxylic acids is 2. The van der Waals surface area contributed by atoms with Crippen LogP contribution in [0.25, 0.3) is 0 Å². The van der Waals surface area contributed by atoms with E-state index in [0.29, 0.717) is 26.9 Å². The zero-order valence-electron chi connectivity index (χ0n) is 15.5. The van der Waals surface area contributed by atoms with Crippen LogP contribution in [0.15, 0.2) is 36.4 Å². The summed E-state index contributed by atoms with van der Waals surface area (Å²) in [5.41, 5.74) is 2.50. The maximum atomic E-state index is 13.0. The van der Waals surface area contributed by atoms with Gasteiger partial charge in [0.15, 0.2) is 0 Å². The van der Waals surface area contributed by atoms with Crippen molar-refractivity contribution in [2.75, 3.05) is 23.8 Å². The summed E-state index contributed by atoms with van der Waals surface area (Å²) in [7, 11) is 1.99. The van der Waals surface area contributed by atoms with E-state index in [0.717, 1.165) is 37.9 Å². The topological polar surface area (TPSA) is 52.7 Å². The number of carbonyl (C=O) groups is 2. The fraction of sp³-hybridized carbons (Fsp3) is 0.333. The summed E-state index contributed by atoms with van der Waals surface area (Å²) < 4.78 is 0. The molecule has 1 atom stereocenters. The number of nitrogens with one attached hydrogen (secondary N) is 1. The van der Waals surface area contributed by atoms with Crippen LogP contribution in [0.2, 0.25) is 10.0 Å². The highest BCUT2D eigenvalue weighted by molar-refractivity contribution is 6.42. The molecule has 0 aromatic heterocycles. The van der Waals surface area contributed by atoms with Crippen molar-refractivity contribution in [3.05, 3.63) is 57.6 Å². The van der Waals surface area contributed by atoms with Gasteiger partial charge in [0.2, 0.25) is 0 Å². The van der Waals surface area contributed by atoms with E-state index in [2.05, 4.69) is 10.2 Å². The highest BCUT2D eigenvalue weighted by Gasteiger charge is 2.36. The molecular weight excluding hydrogens is 397 g/mol. The first-order valence-electron chi connectivity index (χ1n) is 9.40. The van der Waals surface area contributed by atoms with Gasteiger partial charge in [-0.3, -0.25) is 9.59 Å². The number of halogens is 2. The van der Waals surface area contributed by atoms with Gasteiger partial charge < -0.3 is 15.1 Å². The smallest absolute Gasteiger partial charge is 0.257 e. The van der Waals surface area contributed by atoms with Crippen LogP contribution in [0, 0.1) is 0 Å². The Kier molecular flexibility index (Phi) is 5.21. The van der Waals surface area contributed by atoms with Gasteiger partial charge in [0.05, 0.1) is 21.3 Å². The van der Waals surface area contributed by atoms with Gasteiger partial charge in [0, 0.05) is 24.8 Å². The molecule has 4 rings (SSSR count). The van der Waals surface area contributed by atoms with E-state index in [1.807, 2.05) is 11.9 Å². The molecule has 0 spiro atoms. The molecule has 0 saturated carbocycles. The van der Waals surface area contributed by atoms with Crippen molar-refractivity contribution in [1.82, 2.24) is 4.90 Å². The molecule has 2 aromatic rings. The zero-order chi connectivity index (χ0) is 19.8. The third kappa shape index (κ3) is 3.45. The molecule has 2 aromatic carbocycles. The maximum Gasteiger partial charge on any atom is 0.257 e. The predicted molar refractivity (Wildman–Crippen MR) is 113 cm³/mol. The van der Waals surface area contributed by atoms with Crippen molar-refractivity contribution in [2.24, 2.45) is 0 Å². The van der Waals surface area contributed by atoms with Crippen LogP contribution in [-0.4, -0.2) is 36.5 Å². The Hall–Kier alpha value is -2.24. The van der Waals surface area contributed by atoms with Crippen molar-refractivity contribution >= 4 is 46.4 Å². The first-order chi connectivity index (χ1) is 13.5. The lowest BCUT2D eigenvalue weighted by atomic mass is 10.0. The summed E-state index contributed by atoms with van der Waals surface area (Å²) in [4.78, 5) is 29.8. The van der Waals surface area contributed by atoms with Crippen LogP contribution in [-0.2, 0) is 0 Å². The van der Waals surface area contributed by atoms with Crippen LogP contribution in [0.5, 0.6) is 0 Å². The summed E-state index contributed by atoms with van der Waals surface area (Å²) in [6, 6.07) is 10.2. The summed E-state index contributed by atoms with van der Waals surface area (Å²) in [5.74, 6) is -0.207. The lowest BCUT2D eigenvalue weighted by molar-refractivity contribution is 0.0661. The van der Waals surface area contributed by atoms with Gasteiger partial charge in [-0.15, -0.1) is 0 Å². The number of benzene rings is 2. The van der Waals surface area contributed by atoms with Crippen molar-refractivity contribution in [3.8, 4) is 0 Å². The van der Waals surface area contributed by atoms with E-state index >= 15 is 0 Å². The minimum absolute atomic E-state index is 0.0517. The molecule has 7 heteroatoms. The highest BCUT2D eigenvalue weighted by atomic mass is 35.5. The maximum absolute atomic E-state index is 13.0. The summed E-state index contributed by atoms with van der Waals surface area (Å²) >= 11 is 11.9. The molecule has 0 unspecified atom stereocenters. The minimum Gasteiger partial charge on any atom is -0.354 e. The van der Waals surface area contributed by atoms with E-state index in [1.54, 1.807) is 36.4 Å². The molecule has 0 radical (unpaired) electrons. The molecule has 0 bridgehead atoms. The fourth-order valence-electron chi connectivity index (χ4n) is 3.97. The molecule has 1 fully saturated rings. The van der Waals surface area contributed by atoms with Crippen molar-refractivity contribution in [2.45, 2.75) is 31.8 Å². The number of fused-ring (bicyclic) bond motifs is 2. The van der Waals surface area contributed by atoms with Crippen molar-refractivity contribution in [1.29, 1.82) is 0 Å². The van der Waals surface area contributed by atoms with Crippen LogP contribution in [0.3, 0.4) is 0 Å². The van der Waals surface area contributed by atoms with Crippen molar-refractivity contribution in [3.63, 3.8) is 0 Å². The standard InChI is InChI=1S/C21H21Cl2N3O2/c1-25-18-11-13(20(27)24-14-7-9-16(22)17(23)12-14)6-8-15(18)21(28)26-10-4-2-3-5-19(25)26/h6-9,11-12,19H,2-5,10H2,1H3,(H,24,27)/t19-/m1/s1. The molecule has 2 heterocycles. The average Bonchev–Trinajstić information content (AvgIpc) is 2.95. The van der Waals surface area contributed by atoms with Crippen LogP contribution >= 0.6 is 23.2 Å². The molecule has 2 aliphatic rings. The second-order valence-electron chi connectivity index (χ2n) is 7.25. The van der Waals surface area contributed by atoms with Crippen LogP contribution in [0.1, 0.15) is 46.4 Å².